The monoisotopic (exact) mass is 441 g/mol. The molecular weight excluding hydrogens is 414 g/mol. The molecule has 33 heavy (non-hydrogen) atoms. The topological polar surface area (TPSA) is 71.4 Å². The Bertz CT molecular complexity index is 1260. The van der Waals surface area contributed by atoms with Crippen LogP contribution in [0.15, 0.2) is 60.7 Å². The zero-order chi connectivity index (χ0) is 23.2. The Hall–Kier alpha value is -3.67. The van der Waals surface area contributed by atoms with Crippen LogP contribution < -0.4 is 5.32 Å². The van der Waals surface area contributed by atoms with Crippen LogP contribution in [0.4, 0.5) is 4.79 Å². The van der Waals surface area contributed by atoms with E-state index in [2.05, 4.69) is 28.1 Å². The van der Waals surface area contributed by atoms with Crippen LogP contribution in [0.1, 0.15) is 44.9 Å². The number of ketones is 1. The number of carbonyl (C=O) groups excluding carboxylic acids is 3. The highest BCUT2D eigenvalue weighted by Gasteiger charge is 2.52. The van der Waals surface area contributed by atoms with E-state index in [0.29, 0.717) is 24.9 Å². The SMILES string of the molecule is Cc1cc(C(=O)CN2C(=O)NC3(CCc4ccccc4C3)C2=O)c(C)n1Cc1ccccc1. The van der Waals surface area contributed by atoms with Gasteiger partial charge < -0.3 is 9.88 Å². The number of imide groups is 1. The van der Waals surface area contributed by atoms with Gasteiger partial charge in [-0.3, -0.25) is 14.5 Å². The molecule has 0 bridgehead atoms. The predicted octanol–water partition coefficient (Wildman–Crippen LogP) is 3.82. The summed E-state index contributed by atoms with van der Waals surface area (Å²) in [5, 5.41) is 2.91. The van der Waals surface area contributed by atoms with Gasteiger partial charge in [-0.2, -0.15) is 0 Å². The number of hydrogen-bond acceptors (Lipinski definition) is 3. The molecule has 1 aromatic heterocycles. The van der Waals surface area contributed by atoms with Gasteiger partial charge in [-0.05, 0) is 49.4 Å². The summed E-state index contributed by atoms with van der Waals surface area (Å²) in [5.41, 5.74) is 4.86. The van der Waals surface area contributed by atoms with Gasteiger partial charge in [-0.25, -0.2) is 4.79 Å². The fourth-order valence-electron chi connectivity index (χ4n) is 5.17. The molecule has 0 radical (unpaired) electrons. The van der Waals surface area contributed by atoms with E-state index in [1.54, 1.807) is 0 Å². The van der Waals surface area contributed by atoms with Gasteiger partial charge in [0, 0.05) is 29.9 Å². The Labute approximate surface area is 193 Å². The first-order valence-corrected chi connectivity index (χ1v) is 11.3. The third-order valence-electron chi connectivity index (χ3n) is 7.04. The Balaban J connectivity index is 1.35. The summed E-state index contributed by atoms with van der Waals surface area (Å²) < 4.78 is 2.09. The van der Waals surface area contributed by atoms with Crippen LogP contribution in [-0.4, -0.2) is 39.3 Å². The van der Waals surface area contributed by atoms with Crippen LogP contribution in [0, 0.1) is 13.8 Å². The van der Waals surface area contributed by atoms with Gasteiger partial charge in [-0.15, -0.1) is 0 Å². The quantitative estimate of drug-likeness (QED) is 0.483. The van der Waals surface area contributed by atoms with E-state index in [-0.39, 0.29) is 18.2 Å². The molecule has 6 nitrogen and oxygen atoms in total. The number of nitrogens with one attached hydrogen (secondary N) is 1. The minimum Gasteiger partial charge on any atom is -0.344 e. The maximum atomic E-state index is 13.4. The Morgan fingerprint density at radius 2 is 1.70 bits per heavy atom. The maximum absolute atomic E-state index is 13.4. The average Bonchev–Trinajstić information content (AvgIpc) is 3.22. The third-order valence-corrected chi connectivity index (χ3v) is 7.04. The number of nitrogens with zero attached hydrogens (tertiary/aromatic N) is 2. The van der Waals surface area contributed by atoms with Crippen molar-refractivity contribution in [1.82, 2.24) is 14.8 Å². The highest BCUT2D eigenvalue weighted by molar-refractivity contribution is 6.11. The van der Waals surface area contributed by atoms with Crippen molar-refractivity contribution in [2.75, 3.05) is 6.54 Å². The molecule has 3 amide bonds. The predicted molar refractivity (Wildman–Crippen MR) is 125 cm³/mol. The average molecular weight is 442 g/mol. The molecule has 1 N–H and O–H groups in total. The van der Waals surface area contributed by atoms with Crippen molar-refractivity contribution in [2.45, 2.75) is 45.2 Å². The van der Waals surface area contributed by atoms with Gasteiger partial charge >= 0.3 is 6.03 Å². The standard InChI is InChI=1S/C27H27N3O3/c1-18-14-23(19(2)29(18)16-20-8-4-3-5-9-20)24(31)17-30-25(32)27(28-26(30)33)13-12-21-10-6-7-11-22(21)15-27/h3-11,14H,12-13,15-17H2,1-2H3,(H,28,33). The highest BCUT2D eigenvalue weighted by Crippen LogP contribution is 2.33. The summed E-state index contributed by atoms with van der Waals surface area (Å²) in [4.78, 5) is 40.4. The summed E-state index contributed by atoms with van der Waals surface area (Å²) in [6.45, 7) is 4.30. The molecule has 0 saturated carbocycles. The van der Waals surface area contributed by atoms with Crippen molar-refractivity contribution in [2.24, 2.45) is 0 Å². The number of amides is 3. The molecule has 1 aliphatic heterocycles. The van der Waals surface area contributed by atoms with Crippen LogP contribution in [-0.2, 0) is 24.2 Å². The first-order valence-electron chi connectivity index (χ1n) is 11.3. The largest absolute Gasteiger partial charge is 0.344 e. The second kappa shape index (κ2) is 8.03. The lowest BCUT2D eigenvalue weighted by molar-refractivity contribution is -0.131. The first kappa shape index (κ1) is 21.2. The normalized spacial score (nSPS) is 19.6. The summed E-state index contributed by atoms with van der Waals surface area (Å²) in [5.74, 6) is -0.521. The fourth-order valence-corrected chi connectivity index (χ4v) is 5.17. The van der Waals surface area contributed by atoms with Crippen LogP contribution in [0.2, 0.25) is 0 Å². The van der Waals surface area contributed by atoms with E-state index in [4.69, 9.17) is 0 Å². The number of Topliss-reactive ketones (excluding diaryl/α,β-unsaturated/α-hetero) is 1. The van der Waals surface area contributed by atoms with Crippen LogP contribution >= 0.6 is 0 Å². The smallest absolute Gasteiger partial charge is 0.325 e. The van der Waals surface area contributed by atoms with Gasteiger partial charge in [0.25, 0.3) is 5.91 Å². The first-order chi connectivity index (χ1) is 15.9. The van der Waals surface area contributed by atoms with Gasteiger partial charge in [-0.1, -0.05) is 54.6 Å². The summed E-state index contributed by atoms with van der Waals surface area (Å²) in [6, 6.07) is 19.4. The lowest BCUT2D eigenvalue weighted by Gasteiger charge is -2.32. The van der Waals surface area contributed by atoms with E-state index in [9.17, 15) is 14.4 Å². The molecule has 1 aliphatic carbocycles. The van der Waals surface area contributed by atoms with Crippen molar-refractivity contribution in [3.05, 3.63) is 94.3 Å². The van der Waals surface area contributed by atoms with E-state index in [0.717, 1.165) is 33.8 Å². The van der Waals surface area contributed by atoms with E-state index < -0.39 is 11.6 Å². The molecule has 2 heterocycles. The number of urea groups is 1. The lowest BCUT2D eigenvalue weighted by atomic mass is 9.78. The zero-order valence-electron chi connectivity index (χ0n) is 18.9. The Morgan fingerprint density at radius 1 is 1.00 bits per heavy atom. The van der Waals surface area contributed by atoms with Crippen molar-refractivity contribution >= 4 is 17.7 Å². The number of hydrogen-bond donors (Lipinski definition) is 1. The molecule has 1 unspecified atom stereocenters. The molecule has 168 valence electrons. The summed E-state index contributed by atoms with van der Waals surface area (Å²) >= 11 is 0. The second-order valence-corrected chi connectivity index (χ2v) is 9.13. The Morgan fingerprint density at radius 3 is 2.45 bits per heavy atom. The molecule has 5 rings (SSSR count). The number of rotatable bonds is 5. The number of benzene rings is 2. The third kappa shape index (κ3) is 3.65. The molecule has 6 heteroatoms. The van der Waals surface area contributed by atoms with E-state index in [1.165, 1.54) is 5.56 Å². The van der Waals surface area contributed by atoms with Crippen molar-refractivity contribution in [1.29, 1.82) is 0 Å². The van der Waals surface area contributed by atoms with Crippen LogP contribution in [0.5, 0.6) is 0 Å². The number of carbonyl (C=O) groups is 3. The summed E-state index contributed by atoms with van der Waals surface area (Å²) in [7, 11) is 0. The van der Waals surface area contributed by atoms with Crippen LogP contribution in [0.3, 0.4) is 0 Å². The highest BCUT2D eigenvalue weighted by atomic mass is 16.2. The zero-order valence-corrected chi connectivity index (χ0v) is 18.9. The Kier molecular flexibility index (Phi) is 5.16. The molecule has 1 atom stereocenters. The number of fused-ring (bicyclic) bond motifs is 1. The number of aromatic nitrogens is 1. The molecule has 1 fully saturated rings. The van der Waals surface area contributed by atoms with E-state index in [1.807, 2.05) is 56.3 Å². The minimum absolute atomic E-state index is 0.223. The van der Waals surface area contributed by atoms with Crippen LogP contribution in [0.25, 0.3) is 0 Å². The van der Waals surface area contributed by atoms with Gasteiger partial charge in [0.2, 0.25) is 0 Å². The minimum atomic E-state index is -0.948. The fraction of sp³-hybridized carbons (Fsp3) is 0.296. The maximum Gasteiger partial charge on any atom is 0.325 e. The van der Waals surface area contributed by atoms with Crippen molar-refractivity contribution in [3.8, 4) is 0 Å². The summed E-state index contributed by atoms with van der Waals surface area (Å²) in [6.07, 6.45) is 1.74. The van der Waals surface area contributed by atoms with Gasteiger partial charge in [0.05, 0.1) is 6.54 Å². The molecule has 3 aromatic rings. The van der Waals surface area contributed by atoms with Crippen molar-refractivity contribution in [3.63, 3.8) is 0 Å². The molecule has 1 spiro atoms. The van der Waals surface area contributed by atoms with Gasteiger partial charge in [0.1, 0.15) is 5.54 Å². The van der Waals surface area contributed by atoms with E-state index >= 15 is 0 Å². The molecule has 1 saturated heterocycles. The molecule has 2 aliphatic rings. The van der Waals surface area contributed by atoms with Crippen molar-refractivity contribution < 1.29 is 14.4 Å². The molecule has 2 aromatic carbocycles. The lowest BCUT2D eigenvalue weighted by Crippen LogP contribution is -2.51. The molecular formula is C27H27N3O3. The van der Waals surface area contributed by atoms with Gasteiger partial charge in [0.15, 0.2) is 5.78 Å². The number of aryl methyl sites for hydroxylation is 2. The second-order valence-electron chi connectivity index (χ2n) is 9.13.